The highest BCUT2D eigenvalue weighted by molar-refractivity contribution is 7.90. The van der Waals surface area contributed by atoms with Crippen LogP contribution in [0.4, 0.5) is 5.69 Å². The van der Waals surface area contributed by atoms with Gasteiger partial charge in [-0.05, 0) is 31.2 Å². The Morgan fingerprint density at radius 2 is 1.89 bits per heavy atom. The Morgan fingerprint density at radius 1 is 1.22 bits per heavy atom. The van der Waals surface area contributed by atoms with Crippen molar-refractivity contribution >= 4 is 15.5 Å². The van der Waals surface area contributed by atoms with Gasteiger partial charge in [0.05, 0.1) is 11.4 Å². The van der Waals surface area contributed by atoms with Crippen molar-refractivity contribution in [2.24, 2.45) is 0 Å². The molecule has 0 fully saturated rings. The minimum Gasteiger partial charge on any atom is -0.379 e. The number of nitrogens with zero attached hydrogens (tertiary/aromatic N) is 2. The summed E-state index contributed by atoms with van der Waals surface area (Å²) in [6, 6.07) is 6.54. The molecule has 0 saturated carbocycles. The molecule has 0 amide bonds. The standard InChI is InChI=1S/C11H13N3O3S/c1-8-11(14-17-13-8)7-12-9-3-5-10(6-4-9)18(2,15)16/h3-6,12H,7H2,1-2H3. The van der Waals surface area contributed by atoms with Crippen molar-refractivity contribution in [2.75, 3.05) is 11.6 Å². The summed E-state index contributed by atoms with van der Waals surface area (Å²) in [4.78, 5) is 0.298. The van der Waals surface area contributed by atoms with Gasteiger partial charge in [-0.2, -0.15) is 0 Å². The first-order valence-electron chi connectivity index (χ1n) is 5.29. The van der Waals surface area contributed by atoms with Crippen LogP contribution in [0.5, 0.6) is 0 Å². The normalized spacial score (nSPS) is 11.4. The van der Waals surface area contributed by atoms with Crippen molar-refractivity contribution in [1.82, 2.24) is 10.3 Å². The summed E-state index contributed by atoms with van der Waals surface area (Å²) in [7, 11) is -3.15. The van der Waals surface area contributed by atoms with Gasteiger partial charge in [-0.25, -0.2) is 13.0 Å². The third kappa shape index (κ3) is 2.86. The van der Waals surface area contributed by atoms with E-state index < -0.39 is 9.84 Å². The molecular formula is C11H13N3O3S. The van der Waals surface area contributed by atoms with E-state index in [2.05, 4.69) is 20.3 Å². The molecule has 1 aromatic carbocycles. The van der Waals surface area contributed by atoms with E-state index in [0.717, 1.165) is 17.1 Å². The molecule has 7 heteroatoms. The lowest BCUT2D eigenvalue weighted by Crippen LogP contribution is -2.02. The number of sulfone groups is 1. The van der Waals surface area contributed by atoms with Crippen LogP contribution in [0, 0.1) is 6.92 Å². The number of rotatable bonds is 4. The Labute approximate surface area is 105 Å². The minimum absolute atomic E-state index is 0.298. The number of anilines is 1. The quantitative estimate of drug-likeness (QED) is 0.901. The highest BCUT2D eigenvalue weighted by Gasteiger charge is 2.07. The minimum atomic E-state index is -3.15. The summed E-state index contributed by atoms with van der Waals surface area (Å²) in [5.41, 5.74) is 2.27. The first-order chi connectivity index (χ1) is 8.47. The van der Waals surface area contributed by atoms with Gasteiger partial charge in [0.1, 0.15) is 11.4 Å². The van der Waals surface area contributed by atoms with Crippen molar-refractivity contribution in [3.8, 4) is 0 Å². The van der Waals surface area contributed by atoms with Gasteiger partial charge in [0.15, 0.2) is 9.84 Å². The largest absolute Gasteiger partial charge is 0.379 e. The summed E-state index contributed by atoms with van der Waals surface area (Å²) >= 11 is 0. The van der Waals surface area contributed by atoms with Crippen LogP contribution in [0.1, 0.15) is 11.4 Å². The van der Waals surface area contributed by atoms with Crippen molar-refractivity contribution in [1.29, 1.82) is 0 Å². The summed E-state index contributed by atoms with van der Waals surface area (Å²) in [6.45, 7) is 2.29. The SMILES string of the molecule is Cc1nonc1CNc1ccc(S(C)(=O)=O)cc1. The van der Waals surface area contributed by atoms with Gasteiger partial charge < -0.3 is 5.32 Å². The second-order valence-corrected chi connectivity index (χ2v) is 5.96. The second kappa shape index (κ2) is 4.77. The molecule has 6 nitrogen and oxygen atoms in total. The van der Waals surface area contributed by atoms with Gasteiger partial charge in [0.25, 0.3) is 0 Å². The molecule has 0 aliphatic heterocycles. The molecular weight excluding hydrogens is 254 g/mol. The van der Waals surface area contributed by atoms with Crippen molar-refractivity contribution < 1.29 is 13.0 Å². The van der Waals surface area contributed by atoms with Gasteiger partial charge in [0, 0.05) is 11.9 Å². The van der Waals surface area contributed by atoms with Gasteiger partial charge >= 0.3 is 0 Å². The van der Waals surface area contributed by atoms with Crippen LogP contribution in [0.15, 0.2) is 33.8 Å². The molecule has 0 radical (unpaired) electrons. The number of benzene rings is 1. The molecule has 1 heterocycles. The monoisotopic (exact) mass is 267 g/mol. The van der Waals surface area contributed by atoms with Crippen molar-refractivity contribution in [3.05, 3.63) is 35.7 Å². The van der Waals surface area contributed by atoms with E-state index in [9.17, 15) is 8.42 Å². The van der Waals surface area contributed by atoms with E-state index in [0.29, 0.717) is 11.4 Å². The van der Waals surface area contributed by atoms with E-state index >= 15 is 0 Å². The predicted molar refractivity (Wildman–Crippen MR) is 65.9 cm³/mol. The van der Waals surface area contributed by atoms with Gasteiger partial charge in [0.2, 0.25) is 0 Å². The van der Waals surface area contributed by atoms with E-state index in [1.807, 2.05) is 0 Å². The molecule has 1 aromatic heterocycles. The van der Waals surface area contributed by atoms with Crippen LogP contribution in [-0.4, -0.2) is 25.0 Å². The number of hydrogen-bond acceptors (Lipinski definition) is 6. The highest BCUT2D eigenvalue weighted by atomic mass is 32.2. The second-order valence-electron chi connectivity index (χ2n) is 3.95. The topological polar surface area (TPSA) is 85.1 Å². The average Bonchev–Trinajstić information content (AvgIpc) is 2.72. The molecule has 2 aromatic rings. The van der Waals surface area contributed by atoms with Crippen LogP contribution in [0.2, 0.25) is 0 Å². The maximum absolute atomic E-state index is 11.3. The van der Waals surface area contributed by atoms with E-state index in [1.54, 1.807) is 31.2 Å². The Morgan fingerprint density at radius 3 is 2.39 bits per heavy atom. The summed E-state index contributed by atoms with van der Waals surface area (Å²) in [5, 5.41) is 10.5. The molecule has 0 aliphatic rings. The fourth-order valence-electron chi connectivity index (χ4n) is 1.42. The molecule has 18 heavy (non-hydrogen) atoms. The number of hydrogen-bond donors (Lipinski definition) is 1. The van der Waals surface area contributed by atoms with Crippen LogP contribution in [-0.2, 0) is 16.4 Å². The smallest absolute Gasteiger partial charge is 0.175 e. The van der Waals surface area contributed by atoms with Crippen molar-refractivity contribution in [3.63, 3.8) is 0 Å². The first kappa shape index (κ1) is 12.6. The van der Waals surface area contributed by atoms with E-state index in [4.69, 9.17) is 0 Å². The summed E-state index contributed by atoms with van der Waals surface area (Å²) in [5.74, 6) is 0. The zero-order chi connectivity index (χ0) is 13.2. The van der Waals surface area contributed by atoms with Crippen LogP contribution >= 0.6 is 0 Å². The van der Waals surface area contributed by atoms with E-state index in [-0.39, 0.29) is 0 Å². The molecule has 96 valence electrons. The number of aryl methyl sites for hydroxylation is 1. The molecule has 0 unspecified atom stereocenters. The molecule has 0 atom stereocenters. The van der Waals surface area contributed by atoms with Gasteiger partial charge in [-0.1, -0.05) is 10.3 Å². The predicted octanol–water partition coefficient (Wildman–Crippen LogP) is 1.39. The molecule has 0 saturated heterocycles. The lowest BCUT2D eigenvalue weighted by Gasteiger charge is -2.05. The summed E-state index contributed by atoms with van der Waals surface area (Å²) in [6.07, 6.45) is 1.18. The zero-order valence-electron chi connectivity index (χ0n) is 10.0. The number of nitrogens with one attached hydrogen (secondary N) is 1. The lowest BCUT2D eigenvalue weighted by atomic mass is 10.3. The highest BCUT2D eigenvalue weighted by Crippen LogP contribution is 2.14. The molecule has 0 aliphatic carbocycles. The van der Waals surface area contributed by atoms with Crippen molar-refractivity contribution in [2.45, 2.75) is 18.4 Å². The maximum atomic E-state index is 11.3. The number of aromatic nitrogens is 2. The van der Waals surface area contributed by atoms with Gasteiger partial charge in [-0.3, -0.25) is 0 Å². The fraction of sp³-hybridized carbons (Fsp3) is 0.273. The first-order valence-corrected chi connectivity index (χ1v) is 7.18. The Kier molecular flexibility index (Phi) is 3.33. The third-order valence-corrected chi connectivity index (χ3v) is 3.62. The molecule has 2 rings (SSSR count). The summed E-state index contributed by atoms with van der Waals surface area (Å²) < 4.78 is 27.1. The van der Waals surface area contributed by atoms with Gasteiger partial charge in [-0.15, -0.1) is 0 Å². The Hall–Kier alpha value is -1.89. The molecule has 0 spiro atoms. The average molecular weight is 267 g/mol. The fourth-order valence-corrected chi connectivity index (χ4v) is 2.05. The van der Waals surface area contributed by atoms with Crippen LogP contribution in [0.25, 0.3) is 0 Å². The van der Waals surface area contributed by atoms with Crippen LogP contribution < -0.4 is 5.32 Å². The molecule has 1 N–H and O–H groups in total. The third-order valence-electron chi connectivity index (χ3n) is 2.49. The Bertz CT molecular complexity index is 632. The van der Waals surface area contributed by atoms with E-state index in [1.165, 1.54) is 6.26 Å². The zero-order valence-corrected chi connectivity index (χ0v) is 10.9. The maximum Gasteiger partial charge on any atom is 0.175 e. The Balaban J connectivity index is 2.05. The lowest BCUT2D eigenvalue weighted by molar-refractivity contribution is 0.301. The van der Waals surface area contributed by atoms with Crippen LogP contribution in [0.3, 0.4) is 0 Å². The molecule has 0 bridgehead atoms.